The number of benzene rings is 1. The lowest BCUT2D eigenvalue weighted by molar-refractivity contribution is 0.338. The molecule has 4 heteroatoms. The Morgan fingerprint density at radius 2 is 1.95 bits per heavy atom. The summed E-state index contributed by atoms with van der Waals surface area (Å²) in [5.74, 6) is 0.184. The zero-order valence-corrected chi connectivity index (χ0v) is 12.4. The van der Waals surface area contributed by atoms with Crippen LogP contribution in [0.15, 0.2) is 53.5 Å². The quantitative estimate of drug-likeness (QED) is 0.785. The van der Waals surface area contributed by atoms with Gasteiger partial charge in [-0.15, -0.1) is 0 Å². The number of rotatable bonds is 2. The molecule has 1 heterocycles. The predicted octanol–water partition coefficient (Wildman–Crippen LogP) is 2.89. The summed E-state index contributed by atoms with van der Waals surface area (Å²) < 4.78 is 27.2. The van der Waals surface area contributed by atoms with Crippen LogP contribution in [-0.4, -0.2) is 25.3 Å². The lowest BCUT2D eigenvalue weighted by Crippen LogP contribution is -2.38. The van der Waals surface area contributed by atoms with Gasteiger partial charge in [0.1, 0.15) is 0 Å². The van der Waals surface area contributed by atoms with Gasteiger partial charge < -0.3 is 0 Å². The summed E-state index contributed by atoms with van der Waals surface area (Å²) in [6.07, 6.45) is 6.06. The van der Waals surface area contributed by atoms with Crippen LogP contribution in [0.25, 0.3) is 0 Å². The van der Waals surface area contributed by atoms with Gasteiger partial charge >= 0.3 is 0 Å². The van der Waals surface area contributed by atoms with Crippen molar-refractivity contribution in [2.24, 2.45) is 5.92 Å². The fourth-order valence-corrected chi connectivity index (χ4v) is 4.76. The summed E-state index contributed by atoms with van der Waals surface area (Å²) in [7, 11) is -3.42. The fraction of sp³-hybridized carbons (Fsp3) is 0.375. The zero-order chi connectivity index (χ0) is 14.3. The van der Waals surface area contributed by atoms with E-state index in [1.165, 1.54) is 0 Å². The van der Waals surface area contributed by atoms with Crippen LogP contribution < -0.4 is 0 Å². The molecular weight excluding hydrogens is 270 g/mol. The number of hydrogen-bond acceptors (Lipinski definition) is 2. The highest BCUT2D eigenvalue weighted by Crippen LogP contribution is 2.38. The highest BCUT2D eigenvalue weighted by atomic mass is 32.2. The van der Waals surface area contributed by atoms with Gasteiger partial charge in [0.15, 0.2) is 0 Å². The standard InChI is InChI=1S/C16H19NO2S/c1-12-7-9-14(10-8-12)20(18,19)17-11-13(2)15-5-3-4-6-16(15)17/h3,5,7-10,15-16H,2,4,6,11H2,1H3/t15-,16-/m1/s1. The molecule has 1 aromatic rings. The minimum absolute atomic E-state index is 0.0406. The van der Waals surface area contributed by atoms with Crippen molar-refractivity contribution >= 4 is 10.0 Å². The van der Waals surface area contributed by atoms with Crippen molar-refractivity contribution < 1.29 is 8.42 Å². The van der Waals surface area contributed by atoms with Crippen LogP contribution in [-0.2, 0) is 10.0 Å². The topological polar surface area (TPSA) is 37.4 Å². The second-order valence-corrected chi connectivity index (χ2v) is 7.51. The molecule has 0 spiro atoms. The van der Waals surface area contributed by atoms with Crippen LogP contribution in [0.3, 0.4) is 0 Å². The third-order valence-electron chi connectivity index (χ3n) is 4.21. The molecule has 1 aliphatic carbocycles. The van der Waals surface area contributed by atoms with Crippen LogP contribution >= 0.6 is 0 Å². The lowest BCUT2D eigenvalue weighted by atomic mass is 9.89. The number of fused-ring (bicyclic) bond motifs is 1. The van der Waals surface area contributed by atoms with E-state index < -0.39 is 10.0 Å². The minimum atomic E-state index is -3.42. The Bertz CT molecular complexity index is 658. The van der Waals surface area contributed by atoms with E-state index in [1.54, 1.807) is 16.4 Å². The largest absolute Gasteiger partial charge is 0.243 e. The van der Waals surface area contributed by atoms with E-state index in [-0.39, 0.29) is 12.0 Å². The Balaban J connectivity index is 1.98. The van der Waals surface area contributed by atoms with Gasteiger partial charge in [0.2, 0.25) is 10.0 Å². The number of sulfonamides is 1. The molecule has 2 aliphatic rings. The molecule has 1 saturated heterocycles. The number of hydrogen-bond donors (Lipinski definition) is 0. The Morgan fingerprint density at radius 3 is 2.65 bits per heavy atom. The lowest BCUT2D eigenvalue weighted by Gasteiger charge is -2.28. The normalized spacial score (nSPS) is 26.8. The van der Waals surface area contributed by atoms with Crippen molar-refractivity contribution in [3.05, 3.63) is 54.1 Å². The summed E-state index contributed by atoms with van der Waals surface area (Å²) in [6.45, 7) is 6.45. The molecule has 0 saturated carbocycles. The van der Waals surface area contributed by atoms with Crippen molar-refractivity contribution in [1.82, 2.24) is 4.31 Å². The Hall–Kier alpha value is -1.39. The van der Waals surface area contributed by atoms with E-state index in [9.17, 15) is 8.42 Å². The summed E-state index contributed by atoms with van der Waals surface area (Å²) in [6, 6.07) is 7.11. The first kappa shape index (κ1) is 13.6. The summed E-state index contributed by atoms with van der Waals surface area (Å²) >= 11 is 0. The zero-order valence-electron chi connectivity index (χ0n) is 11.6. The number of nitrogens with zero attached hydrogens (tertiary/aromatic N) is 1. The SMILES string of the molecule is C=C1CN(S(=O)(=O)c2ccc(C)cc2)[C@@H]2CCC=C[C@H]12. The molecule has 2 atom stereocenters. The molecule has 3 nitrogen and oxygen atoms in total. The first-order chi connectivity index (χ1) is 9.50. The molecule has 1 aliphatic heterocycles. The Labute approximate surface area is 120 Å². The van der Waals surface area contributed by atoms with Crippen molar-refractivity contribution in [2.75, 3.05) is 6.54 Å². The Kier molecular flexibility index (Phi) is 3.30. The van der Waals surface area contributed by atoms with E-state index in [0.29, 0.717) is 11.4 Å². The van der Waals surface area contributed by atoms with Crippen LogP contribution in [0.2, 0.25) is 0 Å². The Morgan fingerprint density at radius 1 is 1.25 bits per heavy atom. The maximum absolute atomic E-state index is 12.8. The highest BCUT2D eigenvalue weighted by Gasteiger charge is 2.42. The molecule has 3 rings (SSSR count). The molecule has 1 aromatic carbocycles. The van der Waals surface area contributed by atoms with Gasteiger partial charge in [-0.05, 0) is 31.9 Å². The van der Waals surface area contributed by atoms with E-state index >= 15 is 0 Å². The maximum atomic E-state index is 12.8. The predicted molar refractivity (Wildman–Crippen MR) is 79.9 cm³/mol. The van der Waals surface area contributed by atoms with Crippen LogP contribution in [0, 0.1) is 12.8 Å². The van der Waals surface area contributed by atoms with Crippen LogP contribution in [0.4, 0.5) is 0 Å². The monoisotopic (exact) mass is 289 g/mol. The average molecular weight is 289 g/mol. The van der Waals surface area contributed by atoms with Crippen molar-refractivity contribution in [1.29, 1.82) is 0 Å². The number of allylic oxidation sites excluding steroid dienone is 1. The van der Waals surface area contributed by atoms with Crippen molar-refractivity contribution in [2.45, 2.75) is 30.7 Å². The van der Waals surface area contributed by atoms with Crippen LogP contribution in [0.1, 0.15) is 18.4 Å². The van der Waals surface area contributed by atoms with E-state index in [1.807, 2.05) is 19.1 Å². The van der Waals surface area contributed by atoms with Crippen LogP contribution in [0.5, 0.6) is 0 Å². The molecule has 0 bridgehead atoms. The molecule has 0 radical (unpaired) electrons. The molecule has 0 amide bonds. The second kappa shape index (κ2) is 4.86. The molecule has 1 fully saturated rings. The number of aryl methyl sites for hydroxylation is 1. The maximum Gasteiger partial charge on any atom is 0.243 e. The molecule has 0 N–H and O–H groups in total. The highest BCUT2D eigenvalue weighted by molar-refractivity contribution is 7.89. The van der Waals surface area contributed by atoms with E-state index in [0.717, 1.165) is 24.0 Å². The van der Waals surface area contributed by atoms with Gasteiger partial charge in [0.25, 0.3) is 0 Å². The molecule has 0 unspecified atom stereocenters. The van der Waals surface area contributed by atoms with Crippen molar-refractivity contribution in [3.8, 4) is 0 Å². The van der Waals surface area contributed by atoms with Gasteiger partial charge in [-0.25, -0.2) is 8.42 Å². The fourth-order valence-electron chi connectivity index (χ4n) is 3.08. The van der Waals surface area contributed by atoms with E-state index in [4.69, 9.17) is 0 Å². The minimum Gasteiger partial charge on any atom is -0.207 e. The molecule has 20 heavy (non-hydrogen) atoms. The van der Waals surface area contributed by atoms with Gasteiger partial charge in [0.05, 0.1) is 4.90 Å². The third kappa shape index (κ3) is 2.13. The van der Waals surface area contributed by atoms with Gasteiger partial charge in [-0.1, -0.05) is 42.0 Å². The molecule has 0 aromatic heterocycles. The van der Waals surface area contributed by atoms with E-state index in [2.05, 4.69) is 18.7 Å². The summed E-state index contributed by atoms with van der Waals surface area (Å²) in [5.41, 5.74) is 2.06. The summed E-state index contributed by atoms with van der Waals surface area (Å²) in [5, 5.41) is 0. The first-order valence-corrected chi connectivity index (χ1v) is 8.37. The first-order valence-electron chi connectivity index (χ1n) is 6.93. The van der Waals surface area contributed by atoms with Crippen molar-refractivity contribution in [3.63, 3.8) is 0 Å². The second-order valence-electron chi connectivity index (χ2n) is 5.62. The van der Waals surface area contributed by atoms with Gasteiger partial charge in [-0.2, -0.15) is 4.31 Å². The average Bonchev–Trinajstić information content (AvgIpc) is 2.78. The third-order valence-corrected chi connectivity index (χ3v) is 6.10. The smallest absolute Gasteiger partial charge is 0.207 e. The van der Waals surface area contributed by atoms with Gasteiger partial charge in [0, 0.05) is 18.5 Å². The molecular formula is C16H19NO2S. The molecule has 106 valence electrons. The summed E-state index contributed by atoms with van der Waals surface area (Å²) in [4.78, 5) is 0.381. The van der Waals surface area contributed by atoms with Gasteiger partial charge in [-0.3, -0.25) is 0 Å².